The largest absolute Gasteiger partial charge is 0.459 e. The third kappa shape index (κ3) is 5.17. The summed E-state index contributed by atoms with van der Waals surface area (Å²) in [5, 5.41) is 6.09. The third-order valence-corrected chi connectivity index (χ3v) is 5.14. The van der Waals surface area contributed by atoms with Crippen LogP contribution in [0.1, 0.15) is 47.1 Å². The molecule has 0 spiro atoms. The number of furan rings is 1. The Labute approximate surface area is 174 Å². The number of nitrogens with one attached hydrogen (secondary N) is 2. The van der Waals surface area contributed by atoms with Crippen molar-refractivity contribution < 1.29 is 18.8 Å². The van der Waals surface area contributed by atoms with Crippen molar-refractivity contribution >= 4 is 35.0 Å². The van der Waals surface area contributed by atoms with Gasteiger partial charge in [-0.1, -0.05) is 18.5 Å². The van der Waals surface area contributed by atoms with Crippen LogP contribution in [0.5, 0.6) is 0 Å². The first kappa shape index (κ1) is 20.9. The minimum atomic E-state index is -0.252. The molecule has 7 nitrogen and oxygen atoms in total. The highest BCUT2D eigenvalue weighted by atomic mass is 35.5. The molecule has 0 atom stereocenters. The van der Waals surface area contributed by atoms with E-state index in [0.29, 0.717) is 54.5 Å². The Morgan fingerprint density at radius 2 is 1.97 bits per heavy atom. The van der Waals surface area contributed by atoms with E-state index in [1.165, 1.54) is 6.26 Å². The number of benzene rings is 1. The van der Waals surface area contributed by atoms with Crippen LogP contribution in [0.4, 0.5) is 5.69 Å². The lowest BCUT2D eigenvalue weighted by molar-refractivity contribution is -0.121. The summed E-state index contributed by atoms with van der Waals surface area (Å²) in [4.78, 5) is 39.2. The summed E-state index contributed by atoms with van der Waals surface area (Å²) in [5.74, 6) is -0.547. The van der Waals surface area contributed by atoms with Crippen molar-refractivity contribution in [2.24, 2.45) is 5.92 Å². The Kier molecular flexibility index (Phi) is 6.93. The van der Waals surface area contributed by atoms with Gasteiger partial charge in [0.25, 0.3) is 11.8 Å². The van der Waals surface area contributed by atoms with Crippen molar-refractivity contribution in [2.45, 2.75) is 26.2 Å². The first-order chi connectivity index (χ1) is 14.0. The average molecular weight is 418 g/mol. The van der Waals surface area contributed by atoms with Gasteiger partial charge in [0, 0.05) is 30.6 Å². The molecular weight excluding hydrogens is 394 g/mol. The van der Waals surface area contributed by atoms with E-state index in [2.05, 4.69) is 10.6 Å². The molecule has 154 valence electrons. The molecule has 3 rings (SSSR count). The van der Waals surface area contributed by atoms with Crippen LogP contribution in [-0.4, -0.2) is 42.3 Å². The fraction of sp³-hybridized carbons (Fsp3) is 0.381. The second-order valence-electron chi connectivity index (χ2n) is 6.98. The molecule has 1 saturated heterocycles. The monoisotopic (exact) mass is 417 g/mol. The van der Waals surface area contributed by atoms with Crippen LogP contribution >= 0.6 is 11.6 Å². The van der Waals surface area contributed by atoms with Gasteiger partial charge in [0.1, 0.15) is 0 Å². The van der Waals surface area contributed by atoms with Gasteiger partial charge in [-0.2, -0.15) is 0 Å². The zero-order valence-corrected chi connectivity index (χ0v) is 17.0. The predicted molar refractivity (Wildman–Crippen MR) is 110 cm³/mol. The molecule has 0 unspecified atom stereocenters. The van der Waals surface area contributed by atoms with Crippen LogP contribution in [0.2, 0.25) is 5.02 Å². The lowest BCUT2D eigenvalue weighted by Crippen LogP contribution is -2.41. The van der Waals surface area contributed by atoms with E-state index in [0.717, 1.165) is 6.42 Å². The van der Waals surface area contributed by atoms with Crippen molar-refractivity contribution in [1.82, 2.24) is 10.2 Å². The van der Waals surface area contributed by atoms with Gasteiger partial charge in [-0.3, -0.25) is 14.4 Å². The third-order valence-electron chi connectivity index (χ3n) is 4.90. The maximum Gasteiger partial charge on any atom is 0.289 e. The summed E-state index contributed by atoms with van der Waals surface area (Å²) in [7, 11) is 0. The lowest BCUT2D eigenvalue weighted by Gasteiger charge is -2.30. The molecule has 8 heteroatoms. The zero-order chi connectivity index (χ0) is 20.8. The quantitative estimate of drug-likeness (QED) is 0.751. The van der Waals surface area contributed by atoms with Gasteiger partial charge in [0.15, 0.2) is 5.76 Å². The van der Waals surface area contributed by atoms with E-state index < -0.39 is 0 Å². The van der Waals surface area contributed by atoms with Gasteiger partial charge in [-0.25, -0.2) is 0 Å². The first-order valence-electron chi connectivity index (χ1n) is 9.71. The van der Waals surface area contributed by atoms with Crippen LogP contribution in [-0.2, 0) is 4.79 Å². The number of carbonyl (C=O) groups excluding carboxylic acids is 3. The number of rotatable bonds is 6. The molecule has 0 radical (unpaired) electrons. The van der Waals surface area contributed by atoms with Crippen molar-refractivity contribution in [3.8, 4) is 0 Å². The predicted octanol–water partition coefficient (Wildman–Crippen LogP) is 3.56. The Morgan fingerprint density at radius 3 is 2.62 bits per heavy atom. The molecular formula is C21H24ClN3O4. The first-order valence-corrected chi connectivity index (χ1v) is 10.1. The van der Waals surface area contributed by atoms with Crippen LogP contribution < -0.4 is 10.6 Å². The maximum atomic E-state index is 12.8. The molecule has 1 aliphatic rings. The van der Waals surface area contributed by atoms with Gasteiger partial charge in [0.2, 0.25) is 5.91 Å². The van der Waals surface area contributed by atoms with E-state index in [9.17, 15) is 14.4 Å². The summed E-state index contributed by atoms with van der Waals surface area (Å²) < 4.78 is 5.16. The molecule has 1 aromatic heterocycles. The molecule has 2 aromatic rings. The summed E-state index contributed by atoms with van der Waals surface area (Å²) in [6.45, 7) is 3.46. The maximum absolute atomic E-state index is 12.8. The molecule has 1 aromatic carbocycles. The number of amides is 3. The average Bonchev–Trinajstić information content (AvgIpc) is 3.26. The summed E-state index contributed by atoms with van der Waals surface area (Å²) >= 11 is 6.06. The Bertz CT molecular complexity index is 874. The van der Waals surface area contributed by atoms with Crippen molar-refractivity contribution in [1.29, 1.82) is 0 Å². The smallest absolute Gasteiger partial charge is 0.289 e. The highest BCUT2D eigenvalue weighted by Gasteiger charge is 2.29. The standard InChI is InChI=1S/C21H24ClN3O4/c1-2-9-23-20(27)16-6-5-15(22)13-17(16)24-19(26)14-7-10-25(11-8-14)21(28)18-4-3-12-29-18/h3-6,12-14H,2,7-11H2,1H3,(H,23,27)(H,24,26). The van der Waals surface area contributed by atoms with Crippen LogP contribution in [0.25, 0.3) is 0 Å². The van der Waals surface area contributed by atoms with E-state index in [1.807, 2.05) is 6.92 Å². The minimum Gasteiger partial charge on any atom is -0.459 e. The van der Waals surface area contributed by atoms with Gasteiger partial charge in [0.05, 0.1) is 17.5 Å². The number of nitrogens with zero attached hydrogens (tertiary/aromatic N) is 1. The summed E-state index contributed by atoms with van der Waals surface area (Å²) in [5.41, 5.74) is 0.770. The van der Waals surface area contributed by atoms with E-state index >= 15 is 0 Å². The molecule has 3 amide bonds. The summed E-state index contributed by atoms with van der Waals surface area (Å²) in [6, 6.07) is 8.11. The van der Waals surface area contributed by atoms with Gasteiger partial charge >= 0.3 is 0 Å². The minimum absolute atomic E-state index is 0.168. The molecule has 0 bridgehead atoms. The Hall–Kier alpha value is -2.80. The number of anilines is 1. The van der Waals surface area contributed by atoms with Gasteiger partial charge in [-0.05, 0) is 49.6 Å². The van der Waals surface area contributed by atoms with Crippen LogP contribution in [0, 0.1) is 5.92 Å². The van der Waals surface area contributed by atoms with Crippen molar-refractivity contribution in [3.63, 3.8) is 0 Å². The molecule has 2 N–H and O–H groups in total. The second kappa shape index (κ2) is 9.60. The molecule has 2 heterocycles. The van der Waals surface area contributed by atoms with E-state index in [4.69, 9.17) is 16.0 Å². The summed E-state index contributed by atoms with van der Waals surface area (Å²) in [6.07, 6.45) is 3.36. The molecule has 1 fully saturated rings. The molecule has 1 aliphatic heterocycles. The number of hydrogen-bond acceptors (Lipinski definition) is 4. The van der Waals surface area contributed by atoms with Gasteiger partial charge < -0.3 is 20.0 Å². The number of piperidine rings is 1. The van der Waals surface area contributed by atoms with Crippen LogP contribution in [0.3, 0.4) is 0 Å². The van der Waals surface area contributed by atoms with E-state index in [-0.39, 0.29) is 23.6 Å². The zero-order valence-electron chi connectivity index (χ0n) is 16.2. The fourth-order valence-electron chi connectivity index (χ4n) is 3.29. The number of hydrogen-bond donors (Lipinski definition) is 2. The van der Waals surface area contributed by atoms with E-state index in [1.54, 1.807) is 35.2 Å². The molecule has 0 aliphatic carbocycles. The number of likely N-dealkylation sites (tertiary alicyclic amines) is 1. The molecule has 0 saturated carbocycles. The lowest BCUT2D eigenvalue weighted by atomic mass is 9.95. The highest BCUT2D eigenvalue weighted by molar-refractivity contribution is 6.31. The highest BCUT2D eigenvalue weighted by Crippen LogP contribution is 2.25. The van der Waals surface area contributed by atoms with Crippen molar-refractivity contribution in [3.05, 3.63) is 52.9 Å². The SMILES string of the molecule is CCCNC(=O)c1ccc(Cl)cc1NC(=O)C1CCN(C(=O)c2ccco2)CC1. The molecule has 29 heavy (non-hydrogen) atoms. The number of carbonyl (C=O) groups is 3. The Morgan fingerprint density at radius 1 is 1.21 bits per heavy atom. The Balaban J connectivity index is 1.62. The van der Waals surface area contributed by atoms with Crippen LogP contribution in [0.15, 0.2) is 41.0 Å². The van der Waals surface area contributed by atoms with Crippen molar-refractivity contribution in [2.75, 3.05) is 25.0 Å². The second-order valence-corrected chi connectivity index (χ2v) is 7.42. The fourth-order valence-corrected chi connectivity index (χ4v) is 3.46. The van der Waals surface area contributed by atoms with Gasteiger partial charge in [-0.15, -0.1) is 0 Å². The number of halogens is 1. The topological polar surface area (TPSA) is 91.7 Å². The normalized spacial score (nSPS) is 14.5.